The molecule has 1 aliphatic heterocycles. The second-order valence-electron chi connectivity index (χ2n) is 9.64. The van der Waals surface area contributed by atoms with Crippen LogP contribution < -0.4 is 5.73 Å². The van der Waals surface area contributed by atoms with Crippen LogP contribution in [0, 0.1) is 17.3 Å². The second-order valence-corrected chi connectivity index (χ2v) is 9.64. The van der Waals surface area contributed by atoms with E-state index >= 15 is 0 Å². The predicted molar refractivity (Wildman–Crippen MR) is 113 cm³/mol. The molecule has 4 nitrogen and oxygen atoms in total. The van der Waals surface area contributed by atoms with Crippen molar-refractivity contribution in [1.29, 1.82) is 0 Å². The van der Waals surface area contributed by atoms with E-state index in [1.54, 1.807) is 0 Å². The monoisotopic (exact) mass is 404 g/mol. The molecule has 0 radical (unpaired) electrons. The zero-order chi connectivity index (χ0) is 18.6. The van der Waals surface area contributed by atoms with Crippen molar-refractivity contribution in [2.24, 2.45) is 23.0 Å². The van der Waals surface area contributed by atoms with Gasteiger partial charge in [0.15, 0.2) is 0 Å². The zero-order valence-corrected chi connectivity index (χ0v) is 17.7. The second kappa shape index (κ2) is 7.30. The minimum atomic E-state index is -0.356. The highest BCUT2D eigenvalue weighted by molar-refractivity contribution is 5.92. The average Bonchev–Trinajstić information content (AvgIpc) is 2.58. The third-order valence-electron chi connectivity index (χ3n) is 8.43. The molecule has 4 aliphatic rings. The first-order chi connectivity index (χ1) is 13.1. The molecule has 1 aromatic rings. The third-order valence-corrected chi connectivity index (χ3v) is 8.43. The van der Waals surface area contributed by atoms with Gasteiger partial charge in [-0.25, -0.2) is 0 Å². The van der Waals surface area contributed by atoms with Gasteiger partial charge in [-0.15, -0.1) is 12.4 Å². The van der Waals surface area contributed by atoms with Crippen LogP contribution in [0.15, 0.2) is 24.3 Å². The highest BCUT2D eigenvalue weighted by Gasteiger charge is 2.57. The van der Waals surface area contributed by atoms with Gasteiger partial charge in [0.2, 0.25) is 5.91 Å². The Morgan fingerprint density at radius 3 is 2.36 bits per heavy atom. The molecular formula is C23H33ClN2O2. The minimum absolute atomic E-state index is 0. The van der Waals surface area contributed by atoms with Gasteiger partial charge < -0.3 is 10.5 Å². The van der Waals surface area contributed by atoms with Gasteiger partial charge in [0.25, 0.3) is 0 Å². The van der Waals surface area contributed by atoms with Gasteiger partial charge in [-0.1, -0.05) is 25.0 Å². The molecule has 0 aromatic heterocycles. The summed E-state index contributed by atoms with van der Waals surface area (Å²) < 4.78 is 6.34. The maximum Gasteiger partial charge on any atom is 0.248 e. The van der Waals surface area contributed by atoms with Crippen molar-refractivity contribution in [3.8, 4) is 0 Å². The van der Waals surface area contributed by atoms with Gasteiger partial charge in [0.1, 0.15) is 5.60 Å². The number of amides is 1. The van der Waals surface area contributed by atoms with Crippen molar-refractivity contribution in [2.45, 2.75) is 63.0 Å². The number of methoxy groups -OCH3 is 1. The molecule has 28 heavy (non-hydrogen) atoms. The molecule has 4 fully saturated rings. The van der Waals surface area contributed by atoms with Crippen LogP contribution in [0.1, 0.15) is 67.3 Å². The molecule has 1 amide bonds. The van der Waals surface area contributed by atoms with Crippen LogP contribution in [0.4, 0.5) is 0 Å². The lowest BCUT2D eigenvalue weighted by atomic mass is 9.53. The minimum Gasteiger partial charge on any atom is -0.373 e. The van der Waals surface area contributed by atoms with Crippen LogP contribution in [0.5, 0.6) is 0 Å². The number of rotatable bonds is 4. The molecule has 3 saturated carbocycles. The number of ether oxygens (including phenoxy) is 1. The normalized spacial score (nSPS) is 34.2. The van der Waals surface area contributed by atoms with Crippen LogP contribution in [0.2, 0.25) is 0 Å². The Labute approximate surface area is 174 Å². The number of carbonyl (C=O) groups excluding carboxylic acids is 1. The summed E-state index contributed by atoms with van der Waals surface area (Å²) in [6, 6.07) is 8.69. The number of carbonyl (C=O) groups is 1. The number of fused-ring (bicyclic) bond motifs is 2. The molecule has 154 valence electrons. The van der Waals surface area contributed by atoms with Crippen LogP contribution in [-0.2, 0) is 10.3 Å². The van der Waals surface area contributed by atoms with Crippen LogP contribution in [-0.4, -0.2) is 37.0 Å². The first-order valence-corrected chi connectivity index (χ1v) is 10.8. The standard InChI is InChI=1S/C23H32N2O2.ClH/c1-27-23(17-6-2-5-16(11-17)21(24)26)18-7-3-8-19(23)15-25(14-18)20-12-22(13-20)9-4-10-22;/h2,5-6,11,18-20H,3-4,7-10,12-15H2,1H3,(H2,24,26);1H/t18-,19+,23?;. The molecule has 1 aromatic carbocycles. The molecule has 1 saturated heterocycles. The maximum atomic E-state index is 11.7. The van der Waals surface area contributed by atoms with Crippen molar-refractivity contribution in [3.05, 3.63) is 35.4 Å². The van der Waals surface area contributed by atoms with Crippen molar-refractivity contribution >= 4 is 18.3 Å². The van der Waals surface area contributed by atoms with Crippen LogP contribution in [0.25, 0.3) is 0 Å². The molecule has 5 heteroatoms. The van der Waals surface area contributed by atoms with Crippen molar-refractivity contribution in [3.63, 3.8) is 0 Å². The SMILES string of the molecule is COC1(c2cccc(C(N)=O)c2)[C@@H]2CCC[C@H]1CN(C1CC3(CCC3)C1)C2.Cl. The number of nitrogens with zero attached hydrogens (tertiary/aromatic N) is 1. The number of halogens is 1. The highest BCUT2D eigenvalue weighted by atomic mass is 35.5. The molecule has 3 aliphatic carbocycles. The number of benzene rings is 1. The largest absolute Gasteiger partial charge is 0.373 e. The van der Waals surface area contributed by atoms with Crippen molar-refractivity contribution in [2.75, 3.05) is 20.2 Å². The third kappa shape index (κ3) is 2.91. The first kappa shape index (κ1) is 20.2. The number of nitrogens with two attached hydrogens (primary N) is 1. The smallest absolute Gasteiger partial charge is 0.248 e. The van der Waals surface area contributed by atoms with E-state index in [2.05, 4.69) is 11.0 Å². The molecule has 1 heterocycles. The van der Waals surface area contributed by atoms with Crippen LogP contribution in [0.3, 0.4) is 0 Å². The van der Waals surface area contributed by atoms with Gasteiger partial charge in [0, 0.05) is 43.6 Å². The predicted octanol–water partition coefficient (Wildman–Crippen LogP) is 4.11. The highest BCUT2D eigenvalue weighted by Crippen LogP contribution is 2.59. The van der Waals surface area contributed by atoms with E-state index in [1.165, 1.54) is 51.4 Å². The summed E-state index contributed by atoms with van der Waals surface area (Å²) in [4.78, 5) is 14.5. The average molecular weight is 405 g/mol. The van der Waals surface area contributed by atoms with E-state index in [0.29, 0.717) is 17.4 Å². The van der Waals surface area contributed by atoms with E-state index < -0.39 is 0 Å². The number of primary amides is 1. The lowest BCUT2D eigenvalue weighted by Crippen LogP contribution is -2.64. The summed E-state index contributed by atoms with van der Waals surface area (Å²) in [5.74, 6) is 0.637. The molecule has 5 rings (SSSR count). The zero-order valence-electron chi connectivity index (χ0n) is 16.9. The number of hydrogen-bond donors (Lipinski definition) is 1. The molecule has 2 bridgehead atoms. The Hall–Kier alpha value is -1.10. The molecule has 3 atom stereocenters. The fraction of sp³-hybridized carbons (Fsp3) is 0.696. The molecule has 2 N–H and O–H groups in total. The van der Waals surface area contributed by atoms with E-state index in [9.17, 15) is 4.79 Å². The summed E-state index contributed by atoms with van der Waals surface area (Å²) in [5, 5.41) is 0. The van der Waals surface area contributed by atoms with E-state index in [4.69, 9.17) is 10.5 Å². The topological polar surface area (TPSA) is 55.6 Å². The molecular weight excluding hydrogens is 372 g/mol. The summed E-state index contributed by atoms with van der Waals surface area (Å²) >= 11 is 0. The summed E-state index contributed by atoms with van der Waals surface area (Å²) in [5.41, 5.74) is 7.76. The summed E-state index contributed by atoms with van der Waals surface area (Å²) in [6.07, 6.45) is 10.9. The maximum absolute atomic E-state index is 11.7. The van der Waals surface area contributed by atoms with Gasteiger partial charge in [-0.3, -0.25) is 9.69 Å². The lowest BCUT2D eigenvalue weighted by Gasteiger charge is -2.62. The van der Waals surface area contributed by atoms with E-state index in [1.807, 2.05) is 25.3 Å². The van der Waals surface area contributed by atoms with E-state index in [-0.39, 0.29) is 23.9 Å². The molecule has 1 unspecified atom stereocenters. The quantitative estimate of drug-likeness (QED) is 0.821. The summed E-state index contributed by atoms with van der Waals surface area (Å²) in [6.45, 7) is 2.26. The van der Waals surface area contributed by atoms with Gasteiger partial charge in [-0.05, 0) is 61.6 Å². The number of piperidine rings is 1. The Bertz CT molecular complexity index is 726. The Balaban J connectivity index is 0.00000192. The Morgan fingerprint density at radius 2 is 1.82 bits per heavy atom. The Morgan fingerprint density at radius 1 is 1.14 bits per heavy atom. The first-order valence-electron chi connectivity index (χ1n) is 10.8. The van der Waals surface area contributed by atoms with Crippen LogP contribution >= 0.6 is 12.4 Å². The fourth-order valence-electron chi connectivity index (χ4n) is 6.89. The van der Waals surface area contributed by atoms with E-state index in [0.717, 1.165) is 30.1 Å². The molecule has 1 spiro atoms. The number of likely N-dealkylation sites (tertiary alicyclic amines) is 1. The van der Waals surface area contributed by atoms with Gasteiger partial charge in [-0.2, -0.15) is 0 Å². The van der Waals surface area contributed by atoms with Gasteiger partial charge >= 0.3 is 0 Å². The van der Waals surface area contributed by atoms with Crippen molar-refractivity contribution in [1.82, 2.24) is 4.90 Å². The van der Waals surface area contributed by atoms with Crippen molar-refractivity contribution < 1.29 is 9.53 Å². The fourth-order valence-corrected chi connectivity index (χ4v) is 6.89. The van der Waals surface area contributed by atoms with Gasteiger partial charge in [0.05, 0.1) is 0 Å². The summed E-state index contributed by atoms with van der Waals surface area (Å²) in [7, 11) is 1.87. The Kier molecular flexibility index (Phi) is 5.26. The lowest BCUT2D eigenvalue weighted by molar-refractivity contribution is -0.188. The number of hydrogen-bond acceptors (Lipinski definition) is 3.